The van der Waals surface area contributed by atoms with E-state index in [0.717, 1.165) is 25.7 Å². The zero-order valence-electron chi connectivity index (χ0n) is 17.0. The average Bonchev–Trinajstić information content (AvgIpc) is 2.74. The van der Waals surface area contributed by atoms with Crippen LogP contribution in [0.1, 0.15) is 84.9 Å². The Morgan fingerprint density at radius 2 is 1.07 bits per heavy atom. The van der Waals surface area contributed by atoms with Crippen LogP contribution in [0.25, 0.3) is 0 Å². The summed E-state index contributed by atoms with van der Waals surface area (Å²) in [7, 11) is 2.77. The zero-order chi connectivity index (χ0) is 19.9. The second-order valence-electron chi connectivity index (χ2n) is 7.89. The Labute approximate surface area is 167 Å². The van der Waals surface area contributed by atoms with Crippen molar-refractivity contribution >= 4 is 23.3 Å². The molecule has 2 N–H and O–H groups in total. The van der Waals surface area contributed by atoms with Crippen LogP contribution in [-0.2, 0) is 9.47 Å². The van der Waals surface area contributed by atoms with Crippen molar-refractivity contribution in [3.05, 3.63) is 23.3 Å². The molecule has 6 nitrogen and oxygen atoms in total. The van der Waals surface area contributed by atoms with Crippen LogP contribution in [0.5, 0.6) is 0 Å². The Hall–Kier alpha value is -2.24. The van der Waals surface area contributed by atoms with E-state index in [2.05, 4.69) is 10.6 Å². The van der Waals surface area contributed by atoms with Crippen molar-refractivity contribution in [1.29, 1.82) is 0 Å². The maximum Gasteiger partial charge on any atom is 0.340 e. The number of methoxy groups -OCH3 is 2. The highest BCUT2D eigenvalue weighted by Gasteiger charge is 2.24. The largest absolute Gasteiger partial charge is 0.465 e. The van der Waals surface area contributed by atoms with E-state index in [4.69, 9.17) is 9.47 Å². The van der Waals surface area contributed by atoms with Crippen molar-refractivity contribution in [1.82, 2.24) is 0 Å². The first-order chi connectivity index (χ1) is 13.6. The Bertz CT molecular complexity index is 632. The van der Waals surface area contributed by atoms with Gasteiger partial charge in [0.25, 0.3) is 0 Å². The standard InChI is InChI=1S/C22H32N2O4/c1-27-21(25)17-13-20(24-16-11-7-4-8-12-16)18(22(26)28-2)14-19(17)23-15-9-5-3-6-10-15/h13-16,23-24H,3-12H2,1-2H3. The predicted octanol–water partition coefficient (Wildman–Crippen LogP) is 4.75. The van der Waals surface area contributed by atoms with Crippen molar-refractivity contribution in [3.8, 4) is 0 Å². The zero-order valence-corrected chi connectivity index (χ0v) is 17.0. The van der Waals surface area contributed by atoms with Gasteiger partial charge < -0.3 is 20.1 Å². The van der Waals surface area contributed by atoms with Gasteiger partial charge in [0.1, 0.15) is 0 Å². The number of hydrogen-bond acceptors (Lipinski definition) is 6. The van der Waals surface area contributed by atoms with Crippen LogP contribution in [0.4, 0.5) is 11.4 Å². The van der Waals surface area contributed by atoms with Gasteiger partial charge in [-0.1, -0.05) is 38.5 Å². The van der Waals surface area contributed by atoms with Gasteiger partial charge >= 0.3 is 11.9 Å². The lowest BCUT2D eigenvalue weighted by atomic mass is 9.93. The van der Waals surface area contributed by atoms with Crippen molar-refractivity contribution < 1.29 is 19.1 Å². The van der Waals surface area contributed by atoms with Crippen LogP contribution >= 0.6 is 0 Å². The summed E-state index contributed by atoms with van der Waals surface area (Å²) in [6, 6.07) is 4.11. The van der Waals surface area contributed by atoms with Crippen molar-refractivity contribution in [3.63, 3.8) is 0 Å². The van der Waals surface area contributed by atoms with E-state index in [1.807, 2.05) is 0 Å². The molecule has 3 rings (SSSR count). The van der Waals surface area contributed by atoms with Crippen LogP contribution < -0.4 is 10.6 Å². The summed E-state index contributed by atoms with van der Waals surface area (Å²) in [6.07, 6.45) is 11.5. The molecule has 0 amide bonds. The Kier molecular flexibility index (Phi) is 7.18. The molecule has 0 spiro atoms. The molecule has 0 unspecified atom stereocenters. The summed E-state index contributed by atoms with van der Waals surface area (Å²) in [5.74, 6) is -0.803. The van der Waals surface area contributed by atoms with Gasteiger partial charge in [0.05, 0.1) is 25.3 Å². The molecular formula is C22H32N2O4. The molecule has 0 radical (unpaired) electrons. The number of nitrogens with one attached hydrogen (secondary N) is 2. The van der Waals surface area contributed by atoms with Crippen LogP contribution in [0.3, 0.4) is 0 Å². The monoisotopic (exact) mass is 388 g/mol. The summed E-state index contributed by atoms with van der Waals surface area (Å²) in [5.41, 5.74) is 2.21. The summed E-state index contributed by atoms with van der Waals surface area (Å²) >= 11 is 0. The van der Waals surface area contributed by atoms with Gasteiger partial charge in [-0.25, -0.2) is 9.59 Å². The first kappa shape index (κ1) is 20.5. The summed E-state index contributed by atoms with van der Waals surface area (Å²) in [4.78, 5) is 24.9. The van der Waals surface area contributed by atoms with E-state index >= 15 is 0 Å². The number of benzene rings is 1. The van der Waals surface area contributed by atoms with Crippen molar-refractivity contribution in [2.75, 3.05) is 24.9 Å². The highest BCUT2D eigenvalue weighted by Crippen LogP contribution is 2.32. The van der Waals surface area contributed by atoms with E-state index in [9.17, 15) is 9.59 Å². The van der Waals surface area contributed by atoms with E-state index in [0.29, 0.717) is 34.6 Å². The normalized spacial score (nSPS) is 18.4. The summed E-state index contributed by atoms with van der Waals surface area (Å²) < 4.78 is 10.0. The van der Waals surface area contributed by atoms with E-state index < -0.39 is 11.9 Å². The van der Waals surface area contributed by atoms with Gasteiger partial charge in [-0.05, 0) is 37.8 Å². The summed E-state index contributed by atoms with van der Waals surface area (Å²) in [5, 5.41) is 6.96. The fourth-order valence-electron chi connectivity index (χ4n) is 4.33. The van der Waals surface area contributed by atoms with Crippen LogP contribution in [0.15, 0.2) is 12.1 Å². The third-order valence-corrected chi connectivity index (χ3v) is 5.90. The first-order valence-corrected chi connectivity index (χ1v) is 10.5. The van der Waals surface area contributed by atoms with Crippen LogP contribution in [0, 0.1) is 0 Å². The highest BCUT2D eigenvalue weighted by atomic mass is 16.5. The number of carbonyl (C=O) groups excluding carboxylic acids is 2. The molecule has 2 aliphatic rings. The summed E-state index contributed by atoms with van der Waals surface area (Å²) in [6.45, 7) is 0. The molecule has 2 saturated carbocycles. The molecule has 154 valence electrons. The van der Waals surface area contributed by atoms with E-state index in [-0.39, 0.29) is 0 Å². The number of esters is 2. The van der Waals surface area contributed by atoms with Gasteiger partial charge in [0.15, 0.2) is 0 Å². The third kappa shape index (κ3) is 4.97. The number of carbonyl (C=O) groups is 2. The molecule has 1 aromatic carbocycles. The topological polar surface area (TPSA) is 76.7 Å². The number of anilines is 2. The van der Waals surface area contributed by atoms with Crippen LogP contribution in [0.2, 0.25) is 0 Å². The Balaban J connectivity index is 1.94. The minimum atomic E-state index is -0.401. The number of ether oxygens (including phenoxy) is 2. The highest BCUT2D eigenvalue weighted by molar-refractivity contribution is 6.03. The smallest absolute Gasteiger partial charge is 0.340 e. The molecule has 6 heteroatoms. The molecule has 28 heavy (non-hydrogen) atoms. The SMILES string of the molecule is COC(=O)c1cc(NC2CCCCC2)c(C(=O)OC)cc1NC1CCCCC1. The van der Waals surface area contributed by atoms with Gasteiger partial charge in [-0.2, -0.15) is 0 Å². The fourth-order valence-corrected chi connectivity index (χ4v) is 4.33. The predicted molar refractivity (Wildman–Crippen MR) is 110 cm³/mol. The minimum Gasteiger partial charge on any atom is -0.465 e. The lowest BCUT2D eigenvalue weighted by Crippen LogP contribution is -2.26. The van der Waals surface area contributed by atoms with Gasteiger partial charge in [-0.3, -0.25) is 0 Å². The van der Waals surface area contributed by atoms with E-state index in [1.54, 1.807) is 12.1 Å². The van der Waals surface area contributed by atoms with Crippen LogP contribution in [-0.4, -0.2) is 38.2 Å². The third-order valence-electron chi connectivity index (χ3n) is 5.90. The quantitative estimate of drug-likeness (QED) is 0.685. The maximum atomic E-state index is 12.5. The second-order valence-corrected chi connectivity index (χ2v) is 7.89. The molecule has 0 aliphatic heterocycles. The molecule has 0 aromatic heterocycles. The molecule has 2 fully saturated rings. The molecule has 0 heterocycles. The maximum absolute atomic E-state index is 12.5. The average molecular weight is 389 g/mol. The second kappa shape index (κ2) is 9.80. The number of hydrogen-bond donors (Lipinski definition) is 2. The molecular weight excluding hydrogens is 356 g/mol. The molecule has 2 aliphatic carbocycles. The molecule has 1 aromatic rings. The Morgan fingerprint density at radius 1 is 0.714 bits per heavy atom. The van der Waals surface area contributed by atoms with E-state index in [1.165, 1.54) is 52.7 Å². The van der Waals surface area contributed by atoms with Gasteiger partial charge in [-0.15, -0.1) is 0 Å². The van der Waals surface area contributed by atoms with Crippen molar-refractivity contribution in [2.24, 2.45) is 0 Å². The Morgan fingerprint density at radius 3 is 1.39 bits per heavy atom. The number of rotatable bonds is 6. The fraction of sp³-hybridized carbons (Fsp3) is 0.636. The van der Waals surface area contributed by atoms with Gasteiger partial charge in [0.2, 0.25) is 0 Å². The first-order valence-electron chi connectivity index (χ1n) is 10.5. The lowest BCUT2D eigenvalue weighted by molar-refractivity contribution is 0.0588. The molecule has 0 saturated heterocycles. The molecule has 0 bridgehead atoms. The van der Waals surface area contributed by atoms with Gasteiger partial charge in [0, 0.05) is 23.5 Å². The van der Waals surface area contributed by atoms with Crippen molar-refractivity contribution in [2.45, 2.75) is 76.3 Å². The molecule has 0 atom stereocenters. The minimum absolute atomic E-state index is 0.305. The lowest BCUT2D eigenvalue weighted by Gasteiger charge is -2.27.